The van der Waals surface area contributed by atoms with Crippen molar-refractivity contribution in [3.05, 3.63) is 18.0 Å². The van der Waals surface area contributed by atoms with Crippen molar-refractivity contribution in [1.82, 2.24) is 14.7 Å². The monoisotopic (exact) mass is 238 g/mol. The summed E-state index contributed by atoms with van der Waals surface area (Å²) in [5.41, 5.74) is 7.16. The Morgan fingerprint density at radius 2 is 2.12 bits per heavy atom. The van der Waals surface area contributed by atoms with Gasteiger partial charge in [0.2, 0.25) is 0 Å². The smallest absolute Gasteiger partial charge is 0.0538 e. The van der Waals surface area contributed by atoms with Gasteiger partial charge in [-0.15, -0.1) is 0 Å². The van der Waals surface area contributed by atoms with E-state index in [4.69, 9.17) is 5.73 Å². The third-order valence-electron chi connectivity index (χ3n) is 3.14. The van der Waals surface area contributed by atoms with Crippen molar-refractivity contribution in [1.29, 1.82) is 0 Å². The van der Waals surface area contributed by atoms with E-state index >= 15 is 0 Å². The molecule has 0 aromatic carbocycles. The largest absolute Gasteiger partial charge is 0.329 e. The Hall–Kier alpha value is -0.870. The van der Waals surface area contributed by atoms with Gasteiger partial charge in [0.1, 0.15) is 0 Å². The maximum atomic E-state index is 5.92. The van der Waals surface area contributed by atoms with E-state index in [0.717, 1.165) is 19.5 Å². The summed E-state index contributed by atoms with van der Waals surface area (Å²) >= 11 is 0. The SMILES string of the molecule is CCCn1cc(C(CN)N(CC)C(C)C)cn1. The van der Waals surface area contributed by atoms with Crippen molar-refractivity contribution < 1.29 is 0 Å². The molecule has 4 heteroatoms. The van der Waals surface area contributed by atoms with E-state index in [1.165, 1.54) is 5.56 Å². The molecule has 98 valence electrons. The summed E-state index contributed by atoms with van der Waals surface area (Å²) in [5, 5.41) is 4.39. The molecule has 0 radical (unpaired) electrons. The van der Waals surface area contributed by atoms with Gasteiger partial charge in [-0.1, -0.05) is 13.8 Å². The second kappa shape index (κ2) is 6.77. The molecule has 0 aliphatic rings. The van der Waals surface area contributed by atoms with E-state index in [1.807, 2.05) is 10.9 Å². The molecule has 0 saturated heterocycles. The first-order valence-electron chi connectivity index (χ1n) is 6.62. The normalized spacial score (nSPS) is 13.6. The predicted molar refractivity (Wildman–Crippen MR) is 71.8 cm³/mol. The molecule has 0 fully saturated rings. The summed E-state index contributed by atoms with van der Waals surface area (Å²) in [6.07, 6.45) is 5.19. The van der Waals surface area contributed by atoms with Crippen molar-refractivity contribution in [2.45, 2.75) is 52.7 Å². The zero-order valence-electron chi connectivity index (χ0n) is 11.6. The molecule has 2 N–H and O–H groups in total. The van der Waals surface area contributed by atoms with Crippen LogP contribution in [0.4, 0.5) is 0 Å². The minimum absolute atomic E-state index is 0.283. The van der Waals surface area contributed by atoms with Crippen LogP contribution in [0.3, 0.4) is 0 Å². The number of aryl methyl sites for hydroxylation is 1. The molecule has 1 heterocycles. The average molecular weight is 238 g/mol. The van der Waals surface area contributed by atoms with Crippen molar-refractivity contribution in [3.63, 3.8) is 0 Å². The molecule has 1 aromatic rings. The summed E-state index contributed by atoms with van der Waals surface area (Å²) in [7, 11) is 0. The Balaban J connectivity index is 2.84. The minimum Gasteiger partial charge on any atom is -0.329 e. The van der Waals surface area contributed by atoms with Gasteiger partial charge in [-0.05, 0) is 26.8 Å². The van der Waals surface area contributed by atoms with Crippen LogP contribution in [0.2, 0.25) is 0 Å². The quantitative estimate of drug-likeness (QED) is 0.790. The Bertz CT molecular complexity index is 319. The molecule has 1 unspecified atom stereocenters. The van der Waals surface area contributed by atoms with E-state index < -0.39 is 0 Å². The fourth-order valence-electron chi connectivity index (χ4n) is 2.31. The first-order valence-corrected chi connectivity index (χ1v) is 6.62. The summed E-state index contributed by atoms with van der Waals surface area (Å²) in [5.74, 6) is 0. The van der Waals surface area contributed by atoms with Crippen LogP contribution >= 0.6 is 0 Å². The first-order chi connectivity index (χ1) is 8.13. The van der Waals surface area contributed by atoms with Crippen molar-refractivity contribution >= 4 is 0 Å². The molecule has 17 heavy (non-hydrogen) atoms. The maximum absolute atomic E-state index is 5.92. The van der Waals surface area contributed by atoms with Crippen LogP contribution in [-0.2, 0) is 6.54 Å². The van der Waals surface area contributed by atoms with Gasteiger partial charge in [0.25, 0.3) is 0 Å². The number of aromatic nitrogens is 2. The zero-order chi connectivity index (χ0) is 12.8. The highest BCUT2D eigenvalue weighted by atomic mass is 15.3. The lowest BCUT2D eigenvalue weighted by molar-refractivity contribution is 0.166. The second-order valence-corrected chi connectivity index (χ2v) is 4.71. The highest BCUT2D eigenvalue weighted by Gasteiger charge is 2.21. The predicted octanol–water partition coefficient (Wildman–Crippen LogP) is 2.02. The van der Waals surface area contributed by atoms with Gasteiger partial charge >= 0.3 is 0 Å². The van der Waals surface area contributed by atoms with Crippen LogP contribution in [0.5, 0.6) is 0 Å². The van der Waals surface area contributed by atoms with Crippen LogP contribution in [0.25, 0.3) is 0 Å². The number of rotatable bonds is 7. The van der Waals surface area contributed by atoms with E-state index in [0.29, 0.717) is 12.6 Å². The lowest BCUT2D eigenvalue weighted by Crippen LogP contribution is -2.38. The minimum atomic E-state index is 0.283. The summed E-state index contributed by atoms with van der Waals surface area (Å²) < 4.78 is 2.01. The Labute approximate surface area is 105 Å². The summed E-state index contributed by atoms with van der Waals surface area (Å²) in [4.78, 5) is 2.41. The topological polar surface area (TPSA) is 47.1 Å². The van der Waals surface area contributed by atoms with Gasteiger partial charge in [0.05, 0.1) is 12.2 Å². The number of nitrogens with zero attached hydrogens (tertiary/aromatic N) is 3. The molecular formula is C13H26N4. The third-order valence-corrected chi connectivity index (χ3v) is 3.14. The molecule has 1 rings (SSSR count). The van der Waals surface area contributed by atoms with Gasteiger partial charge in [-0.25, -0.2) is 0 Å². The number of hydrogen-bond acceptors (Lipinski definition) is 3. The van der Waals surface area contributed by atoms with Gasteiger partial charge in [-0.3, -0.25) is 9.58 Å². The lowest BCUT2D eigenvalue weighted by Gasteiger charge is -2.32. The van der Waals surface area contributed by atoms with Gasteiger partial charge < -0.3 is 5.73 Å². The molecule has 1 atom stereocenters. The lowest BCUT2D eigenvalue weighted by atomic mass is 10.1. The highest BCUT2D eigenvalue weighted by Crippen LogP contribution is 2.21. The molecule has 1 aromatic heterocycles. The molecule has 0 bridgehead atoms. The third kappa shape index (κ3) is 3.54. The van der Waals surface area contributed by atoms with Gasteiger partial charge in [0.15, 0.2) is 0 Å². The van der Waals surface area contributed by atoms with Crippen molar-refractivity contribution in [2.75, 3.05) is 13.1 Å². The van der Waals surface area contributed by atoms with E-state index in [-0.39, 0.29) is 6.04 Å². The molecule has 4 nitrogen and oxygen atoms in total. The molecular weight excluding hydrogens is 212 g/mol. The summed E-state index contributed by atoms with van der Waals surface area (Å²) in [6.45, 7) is 11.4. The van der Waals surface area contributed by atoms with Crippen LogP contribution in [0.15, 0.2) is 12.4 Å². The fraction of sp³-hybridized carbons (Fsp3) is 0.769. The molecule has 0 saturated carbocycles. The maximum Gasteiger partial charge on any atom is 0.0538 e. The number of hydrogen-bond donors (Lipinski definition) is 1. The number of likely N-dealkylation sites (N-methyl/N-ethyl adjacent to an activating group) is 1. The van der Waals surface area contributed by atoms with Crippen molar-refractivity contribution in [2.24, 2.45) is 5.73 Å². The molecule has 0 amide bonds. The standard InChI is InChI=1S/C13H26N4/c1-5-7-16-10-12(9-15-16)13(8-14)17(6-2)11(3)4/h9-11,13H,5-8,14H2,1-4H3. The van der Waals surface area contributed by atoms with Crippen molar-refractivity contribution in [3.8, 4) is 0 Å². The van der Waals surface area contributed by atoms with E-state index in [2.05, 4.69) is 43.9 Å². The Morgan fingerprint density at radius 3 is 2.59 bits per heavy atom. The van der Waals surface area contributed by atoms with Gasteiger partial charge in [-0.2, -0.15) is 5.10 Å². The second-order valence-electron chi connectivity index (χ2n) is 4.71. The Morgan fingerprint density at radius 1 is 1.41 bits per heavy atom. The summed E-state index contributed by atoms with van der Waals surface area (Å²) in [6, 6.07) is 0.786. The van der Waals surface area contributed by atoms with Crippen LogP contribution in [0, 0.1) is 0 Å². The Kier molecular flexibility index (Phi) is 5.65. The highest BCUT2D eigenvalue weighted by molar-refractivity contribution is 5.11. The fourth-order valence-corrected chi connectivity index (χ4v) is 2.31. The number of nitrogens with two attached hydrogens (primary N) is 1. The molecule has 0 spiro atoms. The zero-order valence-corrected chi connectivity index (χ0v) is 11.6. The van der Waals surface area contributed by atoms with Gasteiger partial charge in [0, 0.05) is 30.9 Å². The first kappa shape index (κ1) is 14.2. The van der Waals surface area contributed by atoms with Crippen LogP contribution < -0.4 is 5.73 Å². The van der Waals surface area contributed by atoms with Crippen LogP contribution in [-0.4, -0.2) is 33.8 Å². The van der Waals surface area contributed by atoms with E-state index in [9.17, 15) is 0 Å². The average Bonchev–Trinajstić information content (AvgIpc) is 2.74. The van der Waals surface area contributed by atoms with Crippen LogP contribution in [0.1, 0.15) is 45.7 Å². The van der Waals surface area contributed by atoms with E-state index in [1.54, 1.807) is 0 Å². The molecule has 0 aliphatic heterocycles. The molecule has 0 aliphatic carbocycles.